The zero-order valence-corrected chi connectivity index (χ0v) is 13.8. The highest BCUT2D eigenvalue weighted by Crippen LogP contribution is 2.21. The quantitative estimate of drug-likeness (QED) is 0.393. The molecule has 1 heterocycles. The smallest absolute Gasteiger partial charge is 0.253 e. The van der Waals surface area contributed by atoms with Crippen LogP contribution in [0.4, 0.5) is 0 Å². The van der Waals surface area contributed by atoms with Crippen LogP contribution in [0.1, 0.15) is 78.1 Å². The highest BCUT2D eigenvalue weighted by molar-refractivity contribution is 6.12. The highest BCUT2D eigenvalue weighted by atomic mass is 16.2. The summed E-state index contributed by atoms with van der Waals surface area (Å²) in [7, 11) is 0. The Morgan fingerprint density at radius 1 is 0.810 bits per heavy atom. The Hall–Kier alpha value is -1.12. The van der Waals surface area contributed by atoms with Crippen LogP contribution in [-0.2, 0) is 9.59 Å². The van der Waals surface area contributed by atoms with Gasteiger partial charge in [0.05, 0.1) is 0 Å². The SMILES string of the molecule is CCCCCCC(CCCCCC)CN1C(=O)C=CC1=O. The van der Waals surface area contributed by atoms with Gasteiger partial charge in [-0.1, -0.05) is 65.2 Å². The Labute approximate surface area is 129 Å². The summed E-state index contributed by atoms with van der Waals surface area (Å²) in [5.41, 5.74) is 0. The van der Waals surface area contributed by atoms with Crippen LogP contribution in [0.5, 0.6) is 0 Å². The summed E-state index contributed by atoms with van der Waals surface area (Å²) in [6, 6.07) is 0. The third-order valence-corrected chi connectivity index (χ3v) is 4.27. The van der Waals surface area contributed by atoms with Crippen LogP contribution >= 0.6 is 0 Å². The molecular formula is C18H31NO2. The average molecular weight is 293 g/mol. The average Bonchev–Trinajstić information content (AvgIpc) is 2.79. The van der Waals surface area contributed by atoms with Crippen molar-refractivity contribution in [3.63, 3.8) is 0 Å². The third-order valence-electron chi connectivity index (χ3n) is 4.27. The van der Waals surface area contributed by atoms with Crippen LogP contribution in [0, 0.1) is 5.92 Å². The lowest BCUT2D eigenvalue weighted by Crippen LogP contribution is -2.34. The molecule has 0 unspecified atom stereocenters. The molecule has 0 saturated carbocycles. The number of carbonyl (C=O) groups excluding carboxylic acids is 2. The lowest BCUT2D eigenvalue weighted by molar-refractivity contribution is -0.137. The number of unbranched alkanes of at least 4 members (excludes halogenated alkanes) is 6. The topological polar surface area (TPSA) is 37.4 Å². The van der Waals surface area contributed by atoms with Gasteiger partial charge in [-0.25, -0.2) is 0 Å². The normalized spacial score (nSPS) is 14.7. The molecule has 0 aromatic carbocycles. The molecule has 0 fully saturated rings. The Balaban J connectivity index is 2.38. The van der Waals surface area contributed by atoms with E-state index in [0.717, 1.165) is 12.8 Å². The molecule has 2 amide bonds. The van der Waals surface area contributed by atoms with Crippen molar-refractivity contribution < 1.29 is 9.59 Å². The third kappa shape index (κ3) is 6.92. The first-order valence-corrected chi connectivity index (χ1v) is 8.72. The highest BCUT2D eigenvalue weighted by Gasteiger charge is 2.25. The zero-order valence-electron chi connectivity index (χ0n) is 13.8. The zero-order chi connectivity index (χ0) is 15.5. The van der Waals surface area contributed by atoms with E-state index in [4.69, 9.17) is 0 Å². The predicted octanol–water partition coefficient (Wildman–Crippen LogP) is 4.47. The minimum absolute atomic E-state index is 0.132. The fourth-order valence-electron chi connectivity index (χ4n) is 2.92. The van der Waals surface area contributed by atoms with Crippen LogP contribution in [-0.4, -0.2) is 23.3 Å². The number of rotatable bonds is 12. The minimum atomic E-state index is -0.132. The van der Waals surface area contributed by atoms with E-state index in [2.05, 4.69) is 13.8 Å². The van der Waals surface area contributed by atoms with Crippen molar-refractivity contribution in [2.45, 2.75) is 78.1 Å². The monoisotopic (exact) mass is 293 g/mol. The first-order valence-electron chi connectivity index (χ1n) is 8.72. The van der Waals surface area contributed by atoms with Crippen LogP contribution in [0.2, 0.25) is 0 Å². The molecule has 0 N–H and O–H groups in total. The summed E-state index contributed by atoms with van der Waals surface area (Å²) in [5, 5.41) is 0. The molecule has 21 heavy (non-hydrogen) atoms. The molecule has 0 bridgehead atoms. The molecule has 0 atom stereocenters. The molecule has 0 aromatic heterocycles. The van der Waals surface area contributed by atoms with Crippen molar-refractivity contribution in [3.8, 4) is 0 Å². The second-order valence-electron chi connectivity index (χ2n) is 6.19. The number of hydrogen-bond acceptors (Lipinski definition) is 2. The van der Waals surface area contributed by atoms with E-state index in [1.807, 2.05) is 0 Å². The maximum atomic E-state index is 11.7. The molecule has 0 aromatic rings. The summed E-state index contributed by atoms with van der Waals surface area (Å²) >= 11 is 0. The van der Waals surface area contributed by atoms with Crippen molar-refractivity contribution in [3.05, 3.63) is 12.2 Å². The molecule has 0 aliphatic carbocycles. The number of carbonyl (C=O) groups is 2. The number of imide groups is 1. The van der Waals surface area contributed by atoms with Crippen molar-refractivity contribution in [1.29, 1.82) is 0 Å². The van der Waals surface area contributed by atoms with Crippen LogP contribution in [0.3, 0.4) is 0 Å². The number of hydrogen-bond donors (Lipinski definition) is 0. The lowest BCUT2D eigenvalue weighted by atomic mass is 9.94. The molecule has 120 valence electrons. The first-order chi connectivity index (χ1) is 10.2. The largest absolute Gasteiger partial charge is 0.275 e. The van der Waals surface area contributed by atoms with Crippen molar-refractivity contribution in [2.75, 3.05) is 6.54 Å². The molecule has 3 nitrogen and oxygen atoms in total. The first kappa shape index (κ1) is 17.9. The van der Waals surface area contributed by atoms with Crippen molar-refractivity contribution >= 4 is 11.8 Å². The van der Waals surface area contributed by atoms with Gasteiger partial charge in [-0.3, -0.25) is 14.5 Å². The summed E-state index contributed by atoms with van der Waals surface area (Å²) in [5.74, 6) is 0.214. The van der Waals surface area contributed by atoms with E-state index in [-0.39, 0.29) is 11.8 Å². The standard InChI is InChI=1S/C18H31NO2/c1-3-5-7-9-11-16(12-10-8-6-4-2)15-19-17(20)13-14-18(19)21/h13-14,16H,3-12,15H2,1-2H3. The van der Waals surface area contributed by atoms with Gasteiger partial charge < -0.3 is 0 Å². The Kier molecular flexibility index (Phi) is 9.04. The summed E-state index contributed by atoms with van der Waals surface area (Å²) < 4.78 is 0. The number of nitrogens with zero attached hydrogens (tertiary/aromatic N) is 1. The van der Waals surface area contributed by atoms with Crippen molar-refractivity contribution in [2.24, 2.45) is 5.92 Å². The van der Waals surface area contributed by atoms with Gasteiger partial charge in [0.15, 0.2) is 0 Å². The van der Waals surface area contributed by atoms with Crippen LogP contribution in [0.15, 0.2) is 12.2 Å². The van der Waals surface area contributed by atoms with Gasteiger partial charge in [0.25, 0.3) is 11.8 Å². The van der Waals surface area contributed by atoms with E-state index < -0.39 is 0 Å². The van der Waals surface area contributed by atoms with Gasteiger partial charge in [-0.15, -0.1) is 0 Å². The van der Waals surface area contributed by atoms with E-state index in [0.29, 0.717) is 12.5 Å². The Morgan fingerprint density at radius 2 is 1.29 bits per heavy atom. The van der Waals surface area contributed by atoms with Gasteiger partial charge in [-0.2, -0.15) is 0 Å². The predicted molar refractivity (Wildman–Crippen MR) is 86.9 cm³/mol. The Bertz CT molecular complexity index is 319. The Morgan fingerprint density at radius 3 is 1.71 bits per heavy atom. The molecule has 1 aliphatic rings. The maximum absolute atomic E-state index is 11.7. The maximum Gasteiger partial charge on any atom is 0.253 e. The summed E-state index contributed by atoms with van der Waals surface area (Å²) in [6.07, 6.45) is 15.1. The lowest BCUT2D eigenvalue weighted by Gasteiger charge is -2.22. The second-order valence-corrected chi connectivity index (χ2v) is 6.19. The van der Waals surface area contributed by atoms with Crippen LogP contribution in [0.25, 0.3) is 0 Å². The van der Waals surface area contributed by atoms with Gasteiger partial charge in [0.2, 0.25) is 0 Å². The molecule has 1 aliphatic heterocycles. The molecular weight excluding hydrogens is 262 g/mol. The van der Waals surface area contributed by atoms with E-state index in [1.54, 1.807) is 0 Å². The molecule has 0 radical (unpaired) electrons. The fourth-order valence-corrected chi connectivity index (χ4v) is 2.92. The van der Waals surface area contributed by atoms with Crippen molar-refractivity contribution in [1.82, 2.24) is 4.90 Å². The van der Waals surface area contributed by atoms with Gasteiger partial charge in [-0.05, 0) is 18.8 Å². The van der Waals surface area contributed by atoms with Gasteiger partial charge >= 0.3 is 0 Å². The van der Waals surface area contributed by atoms with E-state index in [1.165, 1.54) is 68.4 Å². The molecule has 3 heteroatoms. The summed E-state index contributed by atoms with van der Waals surface area (Å²) in [6.45, 7) is 5.05. The minimum Gasteiger partial charge on any atom is -0.275 e. The van der Waals surface area contributed by atoms with E-state index in [9.17, 15) is 9.59 Å². The van der Waals surface area contributed by atoms with Gasteiger partial charge in [0.1, 0.15) is 0 Å². The van der Waals surface area contributed by atoms with Crippen LogP contribution < -0.4 is 0 Å². The fraction of sp³-hybridized carbons (Fsp3) is 0.778. The second kappa shape index (κ2) is 10.6. The molecule has 1 rings (SSSR count). The molecule has 0 spiro atoms. The number of amides is 2. The molecule has 0 saturated heterocycles. The van der Waals surface area contributed by atoms with Gasteiger partial charge in [0, 0.05) is 18.7 Å². The summed E-state index contributed by atoms with van der Waals surface area (Å²) in [4.78, 5) is 24.8. The van der Waals surface area contributed by atoms with E-state index >= 15 is 0 Å².